The second-order valence-corrected chi connectivity index (χ2v) is 5.18. The summed E-state index contributed by atoms with van der Waals surface area (Å²) in [6.45, 7) is -1.82. The number of ether oxygens (including phenoxy) is 2. The standard InChI is InChI=1S/C14H21F2N3O2S.HI/c1-17-14(18-6-7-22-3)19-9-10-8-11(20-2)4-5-12(10)21-13(15)16;/h4-5,8,13H,6-7,9H2,1-3H3,(H2,17,18,19);1H. The van der Waals surface area contributed by atoms with Crippen LogP contribution < -0.4 is 20.1 Å². The van der Waals surface area contributed by atoms with Gasteiger partial charge in [0.1, 0.15) is 11.5 Å². The Bertz CT molecular complexity index is 493. The lowest BCUT2D eigenvalue weighted by molar-refractivity contribution is -0.0504. The average Bonchev–Trinajstić information content (AvgIpc) is 2.51. The summed E-state index contributed by atoms with van der Waals surface area (Å²) in [7, 11) is 3.17. The Morgan fingerprint density at radius 1 is 1.35 bits per heavy atom. The number of nitrogens with one attached hydrogen (secondary N) is 2. The Balaban J connectivity index is 0.00000484. The highest BCUT2D eigenvalue weighted by molar-refractivity contribution is 14.0. The van der Waals surface area contributed by atoms with Crippen molar-refractivity contribution in [2.24, 2.45) is 4.99 Å². The zero-order chi connectivity index (χ0) is 16.4. The molecule has 0 atom stereocenters. The maximum absolute atomic E-state index is 12.4. The van der Waals surface area contributed by atoms with E-state index >= 15 is 0 Å². The fourth-order valence-corrected chi connectivity index (χ4v) is 2.01. The molecular weight excluding hydrogens is 439 g/mol. The predicted octanol–water partition coefficient (Wildman–Crippen LogP) is 2.94. The highest BCUT2D eigenvalue weighted by atomic mass is 127. The van der Waals surface area contributed by atoms with Gasteiger partial charge in [-0.3, -0.25) is 4.99 Å². The van der Waals surface area contributed by atoms with E-state index in [-0.39, 0.29) is 36.3 Å². The largest absolute Gasteiger partial charge is 0.497 e. The van der Waals surface area contributed by atoms with Crippen molar-refractivity contribution in [3.63, 3.8) is 0 Å². The van der Waals surface area contributed by atoms with Crippen LogP contribution in [0, 0.1) is 0 Å². The molecule has 0 aromatic heterocycles. The molecule has 0 radical (unpaired) electrons. The molecule has 9 heteroatoms. The third kappa shape index (κ3) is 8.45. The normalized spacial score (nSPS) is 11.0. The second-order valence-electron chi connectivity index (χ2n) is 4.20. The lowest BCUT2D eigenvalue weighted by atomic mass is 10.2. The van der Waals surface area contributed by atoms with Crippen LogP contribution in [0.1, 0.15) is 5.56 Å². The third-order valence-electron chi connectivity index (χ3n) is 2.75. The summed E-state index contributed by atoms with van der Waals surface area (Å²) in [5, 5.41) is 6.19. The Hall–Kier alpha value is -0.970. The van der Waals surface area contributed by atoms with Crippen LogP contribution in [-0.4, -0.2) is 45.3 Å². The van der Waals surface area contributed by atoms with Gasteiger partial charge in [0.15, 0.2) is 5.96 Å². The van der Waals surface area contributed by atoms with Crippen molar-refractivity contribution in [2.45, 2.75) is 13.2 Å². The first kappa shape index (κ1) is 22.0. The van der Waals surface area contributed by atoms with Gasteiger partial charge in [0.05, 0.1) is 7.11 Å². The molecule has 0 saturated heterocycles. The molecule has 0 unspecified atom stereocenters. The molecule has 0 fully saturated rings. The summed E-state index contributed by atoms with van der Waals surface area (Å²) in [5.74, 6) is 2.23. The predicted molar refractivity (Wildman–Crippen MR) is 102 cm³/mol. The van der Waals surface area contributed by atoms with Gasteiger partial charge in [-0.25, -0.2) is 0 Å². The first-order valence-corrected chi connectivity index (χ1v) is 8.05. The van der Waals surface area contributed by atoms with Gasteiger partial charge in [-0.15, -0.1) is 24.0 Å². The number of hydrogen-bond donors (Lipinski definition) is 2. The van der Waals surface area contributed by atoms with Crippen molar-refractivity contribution >= 4 is 41.7 Å². The van der Waals surface area contributed by atoms with Gasteiger partial charge in [0.25, 0.3) is 0 Å². The topological polar surface area (TPSA) is 54.9 Å². The molecule has 132 valence electrons. The molecule has 0 aliphatic heterocycles. The maximum Gasteiger partial charge on any atom is 0.387 e. The van der Waals surface area contributed by atoms with Crippen molar-refractivity contribution in [3.05, 3.63) is 23.8 Å². The lowest BCUT2D eigenvalue weighted by Gasteiger charge is -2.15. The van der Waals surface area contributed by atoms with Gasteiger partial charge >= 0.3 is 6.61 Å². The zero-order valence-electron chi connectivity index (χ0n) is 13.3. The summed E-state index contributed by atoms with van der Waals surface area (Å²) in [6, 6.07) is 4.69. The number of nitrogens with zero attached hydrogens (tertiary/aromatic N) is 1. The van der Waals surface area contributed by atoms with E-state index in [0.29, 0.717) is 17.3 Å². The van der Waals surface area contributed by atoms with Crippen LogP contribution in [0.5, 0.6) is 11.5 Å². The summed E-state index contributed by atoms with van der Waals surface area (Å²) < 4.78 is 34.5. The monoisotopic (exact) mass is 461 g/mol. The van der Waals surface area contributed by atoms with Crippen LogP contribution in [0.15, 0.2) is 23.2 Å². The molecule has 0 amide bonds. The maximum atomic E-state index is 12.4. The molecule has 0 heterocycles. The second kappa shape index (κ2) is 12.5. The van der Waals surface area contributed by atoms with E-state index in [4.69, 9.17) is 4.74 Å². The van der Waals surface area contributed by atoms with Crippen molar-refractivity contribution in [3.8, 4) is 11.5 Å². The SMILES string of the molecule is CN=C(NCCSC)NCc1cc(OC)ccc1OC(F)F.I. The number of halogens is 3. The molecule has 2 N–H and O–H groups in total. The van der Waals surface area contributed by atoms with Crippen molar-refractivity contribution < 1.29 is 18.3 Å². The molecule has 0 aliphatic rings. The molecule has 0 aliphatic carbocycles. The van der Waals surface area contributed by atoms with E-state index in [0.717, 1.165) is 12.3 Å². The molecule has 0 spiro atoms. The highest BCUT2D eigenvalue weighted by Crippen LogP contribution is 2.25. The van der Waals surface area contributed by atoms with Crippen LogP contribution in [0.4, 0.5) is 8.78 Å². The van der Waals surface area contributed by atoms with E-state index in [1.807, 2.05) is 6.26 Å². The van der Waals surface area contributed by atoms with E-state index < -0.39 is 6.61 Å². The van der Waals surface area contributed by atoms with Crippen LogP contribution in [0.2, 0.25) is 0 Å². The minimum absolute atomic E-state index is 0. The number of methoxy groups -OCH3 is 1. The Morgan fingerprint density at radius 2 is 2.09 bits per heavy atom. The Kier molecular flexibility index (Phi) is 11.9. The summed E-state index contributed by atoms with van der Waals surface area (Å²) in [6.07, 6.45) is 2.02. The van der Waals surface area contributed by atoms with Gasteiger partial charge in [0.2, 0.25) is 0 Å². The van der Waals surface area contributed by atoms with Gasteiger partial charge in [-0.1, -0.05) is 0 Å². The zero-order valence-corrected chi connectivity index (χ0v) is 16.4. The number of guanidine groups is 1. The van der Waals surface area contributed by atoms with Crippen LogP contribution in [0.3, 0.4) is 0 Å². The number of rotatable bonds is 8. The Morgan fingerprint density at radius 3 is 2.65 bits per heavy atom. The Labute approximate surface area is 156 Å². The van der Waals surface area contributed by atoms with Gasteiger partial charge in [0, 0.05) is 31.5 Å². The number of thioether (sulfide) groups is 1. The summed E-state index contributed by atoms with van der Waals surface area (Å²) in [5.41, 5.74) is 0.562. The van der Waals surface area contributed by atoms with Crippen LogP contribution >= 0.6 is 35.7 Å². The fourth-order valence-electron chi connectivity index (χ4n) is 1.70. The quantitative estimate of drug-likeness (QED) is 0.270. The lowest BCUT2D eigenvalue weighted by Crippen LogP contribution is -2.38. The number of benzene rings is 1. The van der Waals surface area contributed by atoms with E-state index in [1.54, 1.807) is 30.9 Å². The minimum atomic E-state index is -2.87. The molecule has 0 bridgehead atoms. The van der Waals surface area contributed by atoms with E-state index in [9.17, 15) is 8.78 Å². The third-order valence-corrected chi connectivity index (χ3v) is 3.36. The molecular formula is C14H22F2IN3O2S. The van der Waals surface area contributed by atoms with Crippen molar-refractivity contribution in [1.29, 1.82) is 0 Å². The number of hydrogen-bond acceptors (Lipinski definition) is 4. The molecule has 0 saturated carbocycles. The van der Waals surface area contributed by atoms with Crippen LogP contribution in [0.25, 0.3) is 0 Å². The average molecular weight is 461 g/mol. The van der Waals surface area contributed by atoms with Crippen molar-refractivity contribution in [1.82, 2.24) is 10.6 Å². The highest BCUT2D eigenvalue weighted by Gasteiger charge is 2.11. The fraction of sp³-hybridized carbons (Fsp3) is 0.500. The number of alkyl halides is 2. The molecule has 23 heavy (non-hydrogen) atoms. The smallest absolute Gasteiger partial charge is 0.387 e. The molecule has 1 rings (SSSR count). The molecule has 5 nitrogen and oxygen atoms in total. The molecule has 1 aromatic rings. The van der Waals surface area contributed by atoms with E-state index in [1.165, 1.54) is 13.2 Å². The van der Waals surface area contributed by atoms with E-state index in [2.05, 4.69) is 20.4 Å². The minimum Gasteiger partial charge on any atom is -0.497 e. The summed E-state index contributed by atoms with van der Waals surface area (Å²) >= 11 is 1.72. The van der Waals surface area contributed by atoms with Crippen molar-refractivity contribution in [2.75, 3.05) is 32.7 Å². The molecule has 1 aromatic carbocycles. The number of aliphatic imine (C=N–C) groups is 1. The first-order valence-electron chi connectivity index (χ1n) is 6.66. The summed E-state index contributed by atoms with van der Waals surface area (Å²) in [4.78, 5) is 4.07. The first-order chi connectivity index (χ1) is 10.6. The van der Waals surface area contributed by atoms with Crippen LogP contribution in [-0.2, 0) is 6.54 Å². The van der Waals surface area contributed by atoms with Gasteiger partial charge < -0.3 is 20.1 Å². The van der Waals surface area contributed by atoms with Gasteiger partial charge in [-0.2, -0.15) is 20.5 Å². The van der Waals surface area contributed by atoms with Gasteiger partial charge in [-0.05, 0) is 24.5 Å².